The van der Waals surface area contributed by atoms with Crippen LogP contribution in [0, 0.1) is 19.3 Å². The van der Waals surface area contributed by atoms with E-state index in [1.165, 1.54) is 0 Å². The van der Waals surface area contributed by atoms with Crippen LogP contribution in [0.2, 0.25) is 5.02 Å². The Morgan fingerprint density at radius 2 is 1.68 bits per heavy atom. The van der Waals surface area contributed by atoms with Crippen molar-refractivity contribution in [1.82, 2.24) is 4.57 Å². The van der Waals surface area contributed by atoms with Gasteiger partial charge in [-0.2, -0.15) is 0 Å². The number of aromatic nitrogens is 1. The molecule has 0 aliphatic heterocycles. The second-order valence-electron chi connectivity index (χ2n) is 7.54. The summed E-state index contributed by atoms with van der Waals surface area (Å²) in [5, 5.41) is 0.662. The van der Waals surface area contributed by atoms with Crippen molar-refractivity contribution in [3.05, 3.63) is 57.9 Å². The van der Waals surface area contributed by atoms with Gasteiger partial charge in [0, 0.05) is 24.2 Å². The molecule has 0 N–H and O–H groups in total. The van der Waals surface area contributed by atoms with Crippen LogP contribution in [0.5, 0.6) is 0 Å². The molecule has 0 atom stereocenters. The molecule has 0 amide bonds. The Labute approximate surface area is 153 Å². The Kier molecular flexibility index (Phi) is 4.46. The van der Waals surface area contributed by atoms with Crippen LogP contribution in [0.25, 0.3) is 11.8 Å². The van der Waals surface area contributed by atoms with Gasteiger partial charge in [0.1, 0.15) is 0 Å². The fourth-order valence-electron chi connectivity index (χ4n) is 3.53. The molecule has 0 bridgehead atoms. The first-order valence-electron chi connectivity index (χ1n) is 8.41. The van der Waals surface area contributed by atoms with Crippen molar-refractivity contribution < 1.29 is 9.59 Å². The summed E-state index contributed by atoms with van der Waals surface area (Å²) in [5.41, 5.74) is 3.82. The molecule has 0 radical (unpaired) electrons. The third-order valence-corrected chi connectivity index (χ3v) is 5.06. The fraction of sp³-hybridized carbons (Fsp3) is 0.333. The normalized spacial score (nSPS) is 17.1. The summed E-state index contributed by atoms with van der Waals surface area (Å²) < 4.78 is 2.05. The quantitative estimate of drug-likeness (QED) is 0.556. The highest BCUT2D eigenvalue weighted by atomic mass is 35.5. The monoisotopic (exact) mass is 355 g/mol. The number of benzene rings is 1. The smallest absolute Gasteiger partial charge is 0.167 e. The summed E-state index contributed by atoms with van der Waals surface area (Å²) in [6.45, 7) is 7.89. The summed E-state index contributed by atoms with van der Waals surface area (Å²) in [6, 6.07) is 9.63. The molecule has 1 fully saturated rings. The van der Waals surface area contributed by atoms with Crippen molar-refractivity contribution in [3.8, 4) is 5.69 Å². The van der Waals surface area contributed by atoms with Crippen molar-refractivity contribution in [3.63, 3.8) is 0 Å². The fourth-order valence-corrected chi connectivity index (χ4v) is 3.75. The minimum Gasteiger partial charge on any atom is -0.316 e. The largest absolute Gasteiger partial charge is 0.316 e. The molecular weight excluding hydrogens is 334 g/mol. The number of allylic oxidation sites excluding steroid dienone is 1. The first kappa shape index (κ1) is 17.7. The lowest BCUT2D eigenvalue weighted by Crippen LogP contribution is -2.31. The van der Waals surface area contributed by atoms with Crippen LogP contribution in [-0.4, -0.2) is 16.1 Å². The Hall–Kier alpha value is -2.13. The van der Waals surface area contributed by atoms with Crippen molar-refractivity contribution in [2.24, 2.45) is 5.41 Å². The number of aryl methyl sites for hydroxylation is 1. The minimum atomic E-state index is -0.250. The average molecular weight is 356 g/mol. The number of Topliss-reactive ketones (excluding diaryl/α,β-unsaturated/α-hetero) is 2. The third kappa shape index (κ3) is 3.34. The highest BCUT2D eigenvalue weighted by molar-refractivity contribution is 6.32. The molecule has 4 heteroatoms. The lowest BCUT2D eigenvalue weighted by atomic mass is 9.74. The zero-order valence-electron chi connectivity index (χ0n) is 15.0. The van der Waals surface area contributed by atoms with E-state index in [4.69, 9.17) is 11.6 Å². The second-order valence-corrected chi connectivity index (χ2v) is 7.94. The molecule has 1 aliphatic rings. The van der Waals surface area contributed by atoms with Crippen LogP contribution in [-0.2, 0) is 9.59 Å². The van der Waals surface area contributed by atoms with Crippen LogP contribution in [0.4, 0.5) is 0 Å². The first-order valence-corrected chi connectivity index (χ1v) is 8.79. The Balaban J connectivity index is 2.06. The predicted octanol–water partition coefficient (Wildman–Crippen LogP) is 5.09. The van der Waals surface area contributed by atoms with Crippen LogP contribution < -0.4 is 0 Å². The van der Waals surface area contributed by atoms with Crippen molar-refractivity contribution in [2.45, 2.75) is 40.5 Å². The van der Waals surface area contributed by atoms with Gasteiger partial charge in [0.05, 0.1) is 16.3 Å². The van der Waals surface area contributed by atoms with E-state index in [-0.39, 0.29) is 17.0 Å². The maximum atomic E-state index is 12.4. The number of carbonyl (C=O) groups is 2. The molecule has 130 valence electrons. The topological polar surface area (TPSA) is 39.1 Å². The van der Waals surface area contributed by atoms with E-state index < -0.39 is 0 Å². The summed E-state index contributed by atoms with van der Waals surface area (Å²) >= 11 is 6.34. The summed E-state index contributed by atoms with van der Waals surface area (Å²) in [4.78, 5) is 24.9. The van der Waals surface area contributed by atoms with E-state index in [1.807, 2.05) is 58.0 Å². The van der Waals surface area contributed by atoms with Gasteiger partial charge in [-0.3, -0.25) is 9.59 Å². The van der Waals surface area contributed by atoms with E-state index >= 15 is 0 Å². The Morgan fingerprint density at radius 3 is 2.28 bits per heavy atom. The number of carbonyl (C=O) groups excluding carboxylic acids is 2. The van der Waals surface area contributed by atoms with Gasteiger partial charge in [0.2, 0.25) is 0 Å². The molecule has 1 aliphatic carbocycles. The maximum absolute atomic E-state index is 12.4. The summed E-state index contributed by atoms with van der Waals surface area (Å²) in [6.07, 6.45) is 2.57. The molecule has 1 aromatic carbocycles. The highest BCUT2D eigenvalue weighted by Crippen LogP contribution is 2.35. The number of nitrogens with zero attached hydrogens (tertiary/aromatic N) is 1. The minimum absolute atomic E-state index is 0.0659. The SMILES string of the molecule is Cc1cc(C=C2C(=O)CC(C)(C)CC2=O)c(C)n1-c1ccccc1Cl. The van der Waals surface area contributed by atoms with Gasteiger partial charge in [-0.15, -0.1) is 0 Å². The standard InChI is InChI=1S/C21H22ClNO2/c1-13-9-15(10-16-19(24)11-21(3,4)12-20(16)25)14(2)23(13)18-8-6-5-7-17(18)22/h5-10H,11-12H2,1-4H3. The van der Waals surface area contributed by atoms with Crippen LogP contribution in [0.1, 0.15) is 43.6 Å². The number of rotatable bonds is 2. The molecule has 2 aromatic rings. The molecule has 0 unspecified atom stereocenters. The zero-order chi connectivity index (χ0) is 18.4. The molecule has 0 saturated heterocycles. The van der Waals surface area contributed by atoms with Crippen molar-refractivity contribution in [2.75, 3.05) is 0 Å². The molecule has 25 heavy (non-hydrogen) atoms. The van der Waals surface area contributed by atoms with Gasteiger partial charge in [-0.25, -0.2) is 0 Å². The molecule has 0 spiro atoms. The lowest BCUT2D eigenvalue weighted by molar-refractivity contribution is -0.127. The highest BCUT2D eigenvalue weighted by Gasteiger charge is 2.35. The Bertz CT molecular complexity index is 881. The van der Waals surface area contributed by atoms with Crippen LogP contribution >= 0.6 is 11.6 Å². The number of para-hydroxylation sites is 1. The molecule has 3 rings (SSSR count). The van der Waals surface area contributed by atoms with Gasteiger partial charge in [0.15, 0.2) is 11.6 Å². The van der Waals surface area contributed by atoms with Crippen molar-refractivity contribution >= 4 is 29.2 Å². The molecule has 1 aromatic heterocycles. The van der Waals surface area contributed by atoms with E-state index in [0.717, 1.165) is 22.6 Å². The summed E-state index contributed by atoms with van der Waals surface area (Å²) in [7, 11) is 0. The zero-order valence-corrected chi connectivity index (χ0v) is 15.8. The maximum Gasteiger partial charge on any atom is 0.167 e. The van der Waals surface area contributed by atoms with Gasteiger partial charge in [0.25, 0.3) is 0 Å². The van der Waals surface area contributed by atoms with Gasteiger partial charge in [-0.1, -0.05) is 37.6 Å². The van der Waals surface area contributed by atoms with E-state index in [1.54, 1.807) is 6.08 Å². The van der Waals surface area contributed by atoms with Gasteiger partial charge < -0.3 is 4.57 Å². The second kappa shape index (κ2) is 6.30. The van der Waals surface area contributed by atoms with E-state index in [9.17, 15) is 9.59 Å². The van der Waals surface area contributed by atoms with Crippen LogP contribution in [0.15, 0.2) is 35.9 Å². The van der Waals surface area contributed by atoms with E-state index in [0.29, 0.717) is 23.4 Å². The number of ketones is 2. The Morgan fingerprint density at radius 1 is 1.08 bits per heavy atom. The first-order chi connectivity index (χ1) is 11.7. The van der Waals surface area contributed by atoms with Gasteiger partial charge in [-0.05, 0) is 49.1 Å². The lowest BCUT2D eigenvalue weighted by Gasteiger charge is -2.28. The van der Waals surface area contributed by atoms with Crippen molar-refractivity contribution in [1.29, 1.82) is 0 Å². The molecular formula is C21H22ClNO2. The van der Waals surface area contributed by atoms with Crippen LogP contribution in [0.3, 0.4) is 0 Å². The van der Waals surface area contributed by atoms with E-state index in [2.05, 4.69) is 4.57 Å². The summed E-state index contributed by atoms with van der Waals surface area (Å²) in [5.74, 6) is -0.132. The average Bonchev–Trinajstić information content (AvgIpc) is 2.77. The molecule has 1 heterocycles. The molecule has 3 nitrogen and oxygen atoms in total. The number of halogens is 1. The third-order valence-electron chi connectivity index (χ3n) is 4.74. The molecule has 1 saturated carbocycles. The predicted molar refractivity (Wildman–Crippen MR) is 101 cm³/mol. The van der Waals surface area contributed by atoms with Gasteiger partial charge >= 0.3 is 0 Å². The number of hydrogen-bond donors (Lipinski definition) is 0. The number of hydrogen-bond acceptors (Lipinski definition) is 2.